The van der Waals surface area contributed by atoms with Gasteiger partial charge in [0, 0.05) is 11.8 Å². The average molecular weight is 265 g/mol. The minimum Gasteiger partial charge on any atom is -0.198 e. The number of allylic oxidation sites excluding steroid dienone is 3. The van der Waals surface area contributed by atoms with E-state index in [1.165, 1.54) is 5.56 Å². The smallest absolute Gasteiger partial charge is 0.0697 e. The van der Waals surface area contributed by atoms with Crippen LogP contribution >= 0.6 is 0 Å². The molecule has 0 N–H and O–H groups in total. The van der Waals surface area contributed by atoms with E-state index in [9.17, 15) is 0 Å². The fraction of sp³-hybridized carbons (Fsp3) is 0.316. The lowest BCUT2D eigenvalue weighted by Crippen LogP contribution is -2.18. The van der Waals surface area contributed by atoms with Gasteiger partial charge in [0.25, 0.3) is 0 Å². The lowest BCUT2D eigenvalue weighted by atomic mass is 9.74. The summed E-state index contributed by atoms with van der Waals surface area (Å²) in [5.41, 5.74) is 3.22. The van der Waals surface area contributed by atoms with Crippen LogP contribution in [0.2, 0.25) is 0 Å². The monoisotopic (exact) mass is 265 g/mol. The molecule has 1 aromatic carbocycles. The van der Waals surface area contributed by atoms with Crippen molar-refractivity contribution in [3.05, 3.63) is 72.9 Å². The third-order valence-electron chi connectivity index (χ3n) is 3.84. The Hall–Kier alpha value is -2.07. The number of nitrogens with zero attached hydrogens (tertiary/aromatic N) is 1. The van der Waals surface area contributed by atoms with Gasteiger partial charge in [-0.15, -0.1) is 6.58 Å². The summed E-state index contributed by atoms with van der Waals surface area (Å²) in [6, 6.07) is 12.5. The van der Waals surface area contributed by atoms with Crippen LogP contribution in [-0.2, 0) is 0 Å². The molecule has 0 amide bonds. The highest BCUT2D eigenvalue weighted by molar-refractivity contribution is 5.34. The highest BCUT2D eigenvalue weighted by Gasteiger charge is 2.27. The van der Waals surface area contributed by atoms with E-state index in [-0.39, 0.29) is 17.8 Å². The summed E-state index contributed by atoms with van der Waals surface area (Å²) in [6.07, 6.45) is 2.81. The minimum absolute atomic E-state index is 0.0644. The lowest BCUT2D eigenvalue weighted by Gasteiger charge is -2.30. The third kappa shape index (κ3) is 3.48. The molecular formula is C19H23N. The Morgan fingerprint density at radius 3 is 2.35 bits per heavy atom. The van der Waals surface area contributed by atoms with Crippen LogP contribution in [0.3, 0.4) is 0 Å². The molecule has 3 unspecified atom stereocenters. The van der Waals surface area contributed by atoms with Crippen LogP contribution in [0.1, 0.15) is 31.7 Å². The van der Waals surface area contributed by atoms with Crippen molar-refractivity contribution in [2.24, 2.45) is 11.8 Å². The standard InChI is InChI=1S/C19H23N/c1-6-14(3)19(16(5)15(4)13-20)18(7-2)17-11-9-8-10-12-17/h7-12,15,18-19H,2-3,5-6H2,1,4H3. The molecule has 0 saturated heterocycles. The van der Waals surface area contributed by atoms with E-state index < -0.39 is 0 Å². The van der Waals surface area contributed by atoms with Crippen molar-refractivity contribution in [3.63, 3.8) is 0 Å². The molecule has 0 aliphatic carbocycles. The lowest BCUT2D eigenvalue weighted by molar-refractivity contribution is 0.575. The first kappa shape index (κ1) is 16.0. The summed E-state index contributed by atoms with van der Waals surface area (Å²) in [7, 11) is 0. The van der Waals surface area contributed by atoms with Crippen molar-refractivity contribution in [3.8, 4) is 6.07 Å². The van der Waals surface area contributed by atoms with Gasteiger partial charge in [0.15, 0.2) is 0 Å². The molecule has 0 heterocycles. The first-order valence-corrected chi connectivity index (χ1v) is 7.00. The molecule has 0 bridgehead atoms. The fourth-order valence-corrected chi connectivity index (χ4v) is 2.46. The zero-order valence-electron chi connectivity index (χ0n) is 12.5. The first-order chi connectivity index (χ1) is 9.56. The van der Waals surface area contributed by atoms with Gasteiger partial charge in [-0.25, -0.2) is 0 Å². The summed E-state index contributed by atoms with van der Waals surface area (Å²) in [5, 5.41) is 9.17. The van der Waals surface area contributed by atoms with Gasteiger partial charge in [-0.3, -0.25) is 0 Å². The zero-order chi connectivity index (χ0) is 15.1. The van der Waals surface area contributed by atoms with Crippen molar-refractivity contribution in [1.82, 2.24) is 0 Å². The normalized spacial score (nSPS) is 14.7. The fourth-order valence-electron chi connectivity index (χ4n) is 2.46. The Kier molecular flexibility index (Phi) is 6.00. The van der Waals surface area contributed by atoms with Crippen molar-refractivity contribution in [2.75, 3.05) is 0 Å². The molecule has 1 heteroatoms. The van der Waals surface area contributed by atoms with Gasteiger partial charge in [0.2, 0.25) is 0 Å². The summed E-state index contributed by atoms with van der Waals surface area (Å²) in [6.45, 7) is 16.3. The van der Waals surface area contributed by atoms with Gasteiger partial charge in [0.1, 0.15) is 0 Å². The molecule has 1 aromatic rings. The molecule has 0 aromatic heterocycles. The van der Waals surface area contributed by atoms with E-state index in [2.05, 4.69) is 44.9 Å². The van der Waals surface area contributed by atoms with Crippen molar-refractivity contribution in [1.29, 1.82) is 5.26 Å². The molecule has 0 fully saturated rings. The molecule has 0 radical (unpaired) electrons. The van der Waals surface area contributed by atoms with Gasteiger partial charge in [0.05, 0.1) is 12.0 Å². The second-order valence-corrected chi connectivity index (χ2v) is 5.09. The highest BCUT2D eigenvalue weighted by Crippen LogP contribution is 2.38. The topological polar surface area (TPSA) is 23.8 Å². The minimum atomic E-state index is -0.186. The Morgan fingerprint density at radius 1 is 1.30 bits per heavy atom. The van der Waals surface area contributed by atoms with Gasteiger partial charge in [-0.1, -0.05) is 67.6 Å². The molecule has 0 saturated carbocycles. The highest BCUT2D eigenvalue weighted by atomic mass is 14.3. The van der Waals surface area contributed by atoms with E-state index in [0.29, 0.717) is 0 Å². The molecule has 1 nitrogen and oxygen atoms in total. The summed E-state index contributed by atoms with van der Waals surface area (Å²) >= 11 is 0. The maximum atomic E-state index is 9.17. The van der Waals surface area contributed by atoms with Gasteiger partial charge in [-0.2, -0.15) is 5.26 Å². The number of nitriles is 1. The van der Waals surface area contributed by atoms with Crippen LogP contribution in [-0.4, -0.2) is 0 Å². The maximum Gasteiger partial charge on any atom is 0.0697 e. The second-order valence-electron chi connectivity index (χ2n) is 5.09. The van der Waals surface area contributed by atoms with Crippen molar-refractivity contribution >= 4 is 0 Å². The summed E-state index contributed by atoms with van der Waals surface area (Å²) in [4.78, 5) is 0. The first-order valence-electron chi connectivity index (χ1n) is 7.00. The number of rotatable bonds is 7. The molecule has 104 valence electrons. The van der Waals surface area contributed by atoms with E-state index in [0.717, 1.165) is 17.6 Å². The van der Waals surface area contributed by atoms with Crippen LogP contribution in [0.5, 0.6) is 0 Å². The predicted molar refractivity (Wildman–Crippen MR) is 86.2 cm³/mol. The van der Waals surface area contributed by atoms with Crippen LogP contribution in [0.25, 0.3) is 0 Å². The van der Waals surface area contributed by atoms with Gasteiger partial charge >= 0.3 is 0 Å². The van der Waals surface area contributed by atoms with E-state index >= 15 is 0 Å². The van der Waals surface area contributed by atoms with E-state index in [1.807, 2.05) is 31.2 Å². The van der Waals surface area contributed by atoms with Crippen LogP contribution in [0.4, 0.5) is 0 Å². The van der Waals surface area contributed by atoms with Crippen LogP contribution in [0, 0.1) is 23.2 Å². The third-order valence-corrected chi connectivity index (χ3v) is 3.84. The molecule has 0 spiro atoms. The Balaban J connectivity index is 3.22. The van der Waals surface area contributed by atoms with Gasteiger partial charge < -0.3 is 0 Å². The average Bonchev–Trinajstić information content (AvgIpc) is 2.51. The molecule has 3 atom stereocenters. The summed E-state index contributed by atoms with van der Waals surface area (Å²) in [5.74, 6) is -0.00374. The molecule has 20 heavy (non-hydrogen) atoms. The Labute approximate surface area is 122 Å². The van der Waals surface area contributed by atoms with E-state index in [4.69, 9.17) is 5.26 Å². The Bertz CT molecular complexity index is 518. The maximum absolute atomic E-state index is 9.17. The SMILES string of the molecule is C=CC(c1ccccc1)C(C(=C)CC)C(=C)C(C)C#N. The quantitative estimate of drug-likeness (QED) is 0.617. The number of hydrogen-bond acceptors (Lipinski definition) is 1. The molecule has 1 rings (SSSR count). The second kappa shape index (κ2) is 7.50. The van der Waals surface area contributed by atoms with Crippen molar-refractivity contribution < 1.29 is 0 Å². The van der Waals surface area contributed by atoms with Crippen LogP contribution < -0.4 is 0 Å². The Morgan fingerprint density at radius 2 is 1.90 bits per heavy atom. The molecule has 0 aliphatic heterocycles. The molecular weight excluding hydrogens is 242 g/mol. The largest absolute Gasteiger partial charge is 0.198 e. The molecule has 0 aliphatic rings. The van der Waals surface area contributed by atoms with E-state index in [1.54, 1.807) is 0 Å². The summed E-state index contributed by atoms with van der Waals surface area (Å²) < 4.78 is 0. The van der Waals surface area contributed by atoms with Gasteiger partial charge in [-0.05, 0) is 18.9 Å². The zero-order valence-corrected chi connectivity index (χ0v) is 12.5. The van der Waals surface area contributed by atoms with Crippen molar-refractivity contribution in [2.45, 2.75) is 26.2 Å². The predicted octanol–water partition coefficient (Wildman–Crippen LogP) is 5.25. The van der Waals surface area contributed by atoms with Crippen LogP contribution in [0.15, 0.2) is 67.3 Å². The number of benzene rings is 1. The number of hydrogen-bond donors (Lipinski definition) is 0.